The van der Waals surface area contributed by atoms with Gasteiger partial charge in [-0.25, -0.2) is 0 Å². The Morgan fingerprint density at radius 3 is 2.50 bits per heavy atom. The van der Waals surface area contributed by atoms with Crippen molar-refractivity contribution in [2.45, 2.75) is 6.92 Å². The van der Waals surface area contributed by atoms with E-state index in [1.54, 1.807) is 29.2 Å². The van der Waals surface area contributed by atoms with Crippen molar-refractivity contribution in [3.8, 4) is 0 Å². The van der Waals surface area contributed by atoms with Gasteiger partial charge in [0.25, 0.3) is 5.91 Å². The van der Waals surface area contributed by atoms with Gasteiger partial charge in [-0.3, -0.25) is 9.69 Å². The van der Waals surface area contributed by atoms with Crippen LogP contribution < -0.4 is 4.90 Å². The molecule has 1 fully saturated rings. The minimum atomic E-state index is -0.0967. The van der Waals surface area contributed by atoms with Crippen LogP contribution in [0, 0.1) is 6.92 Å². The highest BCUT2D eigenvalue weighted by Gasteiger charge is 2.33. The van der Waals surface area contributed by atoms with Gasteiger partial charge in [0.2, 0.25) is 0 Å². The van der Waals surface area contributed by atoms with E-state index >= 15 is 0 Å². The van der Waals surface area contributed by atoms with Crippen molar-refractivity contribution in [3.63, 3.8) is 0 Å². The van der Waals surface area contributed by atoms with Crippen molar-refractivity contribution >= 4 is 57.6 Å². The number of nitrogens with zero attached hydrogens (tertiary/aromatic N) is 1. The molecular weight excluding hydrogens is 334 g/mol. The highest BCUT2D eigenvalue weighted by molar-refractivity contribution is 8.27. The Labute approximate surface area is 143 Å². The molecule has 2 aromatic rings. The first-order valence-electron chi connectivity index (χ1n) is 6.65. The number of amides is 1. The molecule has 2 aromatic carbocycles. The summed E-state index contributed by atoms with van der Waals surface area (Å²) in [7, 11) is 0. The Balaban J connectivity index is 1.95. The SMILES string of the molecule is Cc1ccccc1C=C1SC(=S)N(c2ccc(Cl)cc2)C1=O. The quantitative estimate of drug-likeness (QED) is 0.561. The maximum absolute atomic E-state index is 12.6. The van der Waals surface area contributed by atoms with Crippen LogP contribution in [0.4, 0.5) is 5.69 Å². The molecule has 110 valence electrons. The molecule has 0 radical (unpaired) electrons. The van der Waals surface area contributed by atoms with Crippen LogP contribution in [0.25, 0.3) is 6.08 Å². The molecular formula is C17H12ClNOS2. The second kappa shape index (κ2) is 6.24. The van der Waals surface area contributed by atoms with E-state index in [0.29, 0.717) is 14.2 Å². The number of benzene rings is 2. The lowest BCUT2D eigenvalue weighted by atomic mass is 10.1. The summed E-state index contributed by atoms with van der Waals surface area (Å²) < 4.78 is 0.534. The number of halogens is 1. The van der Waals surface area contributed by atoms with Gasteiger partial charge in [0.05, 0.1) is 10.6 Å². The second-order valence-electron chi connectivity index (χ2n) is 4.85. The van der Waals surface area contributed by atoms with Crippen LogP contribution in [0.1, 0.15) is 11.1 Å². The fraction of sp³-hybridized carbons (Fsp3) is 0.0588. The Kier molecular flexibility index (Phi) is 4.34. The third-order valence-corrected chi connectivity index (χ3v) is 4.91. The first-order valence-corrected chi connectivity index (χ1v) is 8.26. The lowest BCUT2D eigenvalue weighted by molar-refractivity contribution is -0.113. The zero-order chi connectivity index (χ0) is 15.7. The molecule has 0 unspecified atom stereocenters. The highest BCUT2D eigenvalue weighted by Crippen LogP contribution is 2.36. The second-order valence-corrected chi connectivity index (χ2v) is 6.96. The zero-order valence-corrected chi connectivity index (χ0v) is 14.1. The van der Waals surface area contributed by atoms with E-state index in [1.165, 1.54) is 11.8 Å². The molecule has 0 atom stereocenters. The van der Waals surface area contributed by atoms with Crippen molar-refractivity contribution in [1.82, 2.24) is 0 Å². The summed E-state index contributed by atoms with van der Waals surface area (Å²) in [5.41, 5.74) is 2.89. The van der Waals surface area contributed by atoms with Gasteiger partial charge in [-0.15, -0.1) is 0 Å². The van der Waals surface area contributed by atoms with E-state index in [1.807, 2.05) is 37.3 Å². The number of carbonyl (C=O) groups excluding carboxylic acids is 1. The van der Waals surface area contributed by atoms with Crippen LogP contribution in [0.5, 0.6) is 0 Å². The van der Waals surface area contributed by atoms with Gasteiger partial charge in [0.15, 0.2) is 4.32 Å². The third kappa shape index (κ3) is 2.95. The molecule has 1 aliphatic rings. The van der Waals surface area contributed by atoms with Gasteiger partial charge >= 0.3 is 0 Å². The Morgan fingerprint density at radius 1 is 1.14 bits per heavy atom. The molecule has 0 aliphatic carbocycles. The number of thiocarbonyl (C=S) groups is 1. The number of thioether (sulfide) groups is 1. The number of hydrogen-bond acceptors (Lipinski definition) is 3. The average Bonchev–Trinajstić information content (AvgIpc) is 2.77. The number of carbonyl (C=O) groups is 1. The molecule has 3 rings (SSSR count). The summed E-state index contributed by atoms with van der Waals surface area (Å²) in [6.07, 6.45) is 1.89. The molecule has 0 N–H and O–H groups in total. The highest BCUT2D eigenvalue weighted by atomic mass is 35.5. The summed E-state index contributed by atoms with van der Waals surface area (Å²) in [6.45, 7) is 2.02. The Hall–Kier alpha value is -1.62. The predicted octanol–water partition coefficient (Wildman–Crippen LogP) is 5.05. The standard InChI is InChI=1S/C17H12ClNOS2/c1-11-4-2-3-5-12(11)10-15-16(20)19(17(21)22-15)14-8-6-13(18)7-9-14/h2-10H,1H3. The minimum absolute atomic E-state index is 0.0967. The number of anilines is 1. The van der Waals surface area contributed by atoms with Crippen LogP contribution in [-0.2, 0) is 4.79 Å². The molecule has 0 spiro atoms. The van der Waals surface area contributed by atoms with Crippen LogP contribution in [0.15, 0.2) is 53.4 Å². The topological polar surface area (TPSA) is 20.3 Å². The number of rotatable bonds is 2. The van der Waals surface area contributed by atoms with Crippen molar-refractivity contribution < 1.29 is 4.79 Å². The monoisotopic (exact) mass is 345 g/mol. The van der Waals surface area contributed by atoms with E-state index in [9.17, 15) is 4.79 Å². The predicted molar refractivity (Wildman–Crippen MR) is 98.3 cm³/mol. The summed E-state index contributed by atoms with van der Waals surface area (Å²) in [5, 5.41) is 0.629. The van der Waals surface area contributed by atoms with Crippen LogP contribution >= 0.6 is 35.6 Å². The van der Waals surface area contributed by atoms with E-state index in [-0.39, 0.29) is 5.91 Å². The first kappa shape index (κ1) is 15.3. The molecule has 0 saturated carbocycles. The Bertz CT molecular complexity index is 784. The molecule has 22 heavy (non-hydrogen) atoms. The largest absolute Gasteiger partial charge is 0.270 e. The summed E-state index contributed by atoms with van der Waals surface area (Å²) in [6, 6.07) is 15.0. The molecule has 5 heteroatoms. The maximum Gasteiger partial charge on any atom is 0.270 e. The number of hydrogen-bond donors (Lipinski definition) is 0. The molecule has 1 amide bonds. The van der Waals surface area contributed by atoms with E-state index in [4.69, 9.17) is 23.8 Å². The maximum atomic E-state index is 12.6. The third-order valence-electron chi connectivity index (χ3n) is 3.35. The van der Waals surface area contributed by atoms with Gasteiger partial charge in [0, 0.05) is 5.02 Å². The normalized spacial score (nSPS) is 16.6. The summed E-state index contributed by atoms with van der Waals surface area (Å²) in [4.78, 5) is 14.8. The lowest BCUT2D eigenvalue weighted by Gasteiger charge is -2.14. The first-order chi connectivity index (χ1) is 10.6. The van der Waals surface area contributed by atoms with Crippen molar-refractivity contribution in [2.24, 2.45) is 0 Å². The zero-order valence-electron chi connectivity index (χ0n) is 11.7. The van der Waals surface area contributed by atoms with Gasteiger partial charge < -0.3 is 0 Å². The number of aryl methyl sites for hydroxylation is 1. The van der Waals surface area contributed by atoms with E-state index in [0.717, 1.165) is 16.8 Å². The molecule has 0 aromatic heterocycles. The van der Waals surface area contributed by atoms with Crippen LogP contribution in [0.2, 0.25) is 5.02 Å². The van der Waals surface area contributed by atoms with Gasteiger partial charge in [-0.05, 0) is 48.4 Å². The molecule has 2 nitrogen and oxygen atoms in total. The molecule has 0 bridgehead atoms. The van der Waals surface area contributed by atoms with E-state index in [2.05, 4.69) is 0 Å². The van der Waals surface area contributed by atoms with Crippen molar-refractivity contribution in [1.29, 1.82) is 0 Å². The van der Waals surface area contributed by atoms with Crippen molar-refractivity contribution in [3.05, 3.63) is 69.6 Å². The average molecular weight is 346 g/mol. The van der Waals surface area contributed by atoms with Crippen LogP contribution in [0.3, 0.4) is 0 Å². The van der Waals surface area contributed by atoms with Crippen molar-refractivity contribution in [2.75, 3.05) is 4.90 Å². The van der Waals surface area contributed by atoms with Gasteiger partial charge in [-0.1, -0.05) is 59.8 Å². The fourth-order valence-corrected chi connectivity index (χ4v) is 3.59. The molecule has 1 heterocycles. The van der Waals surface area contributed by atoms with Gasteiger partial charge in [-0.2, -0.15) is 0 Å². The van der Waals surface area contributed by atoms with Crippen LogP contribution in [-0.4, -0.2) is 10.2 Å². The van der Waals surface area contributed by atoms with E-state index < -0.39 is 0 Å². The molecule has 1 saturated heterocycles. The summed E-state index contributed by atoms with van der Waals surface area (Å²) >= 11 is 12.6. The fourth-order valence-electron chi connectivity index (χ4n) is 2.17. The molecule has 1 aliphatic heterocycles. The lowest BCUT2D eigenvalue weighted by Crippen LogP contribution is -2.27. The summed E-state index contributed by atoms with van der Waals surface area (Å²) in [5.74, 6) is -0.0967. The Morgan fingerprint density at radius 2 is 1.82 bits per heavy atom. The smallest absolute Gasteiger partial charge is 0.268 e. The minimum Gasteiger partial charge on any atom is -0.268 e. The van der Waals surface area contributed by atoms with Gasteiger partial charge in [0.1, 0.15) is 0 Å².